The van der Waals surface area contributed by atoms with E-state index in [4.69, 9.17) is 4.74 Å². The molecule has 1 rings (SSSR count). The van der Waals surface area contributed by atoms with E-state index in [9.17, 15) is 9.59 Å². The molecule has 15 heavy (non-hydrogen) atoms. The van der Waals surface area contributed by atoms with Gasteiger partial charge in [0.05, 0.1) is 19.8 Å². The molecule has 0 aliphatic heterocycles. The fourth-order valence-electron chi connectivity index (χ4n) is 0.942. The van der Waals surface area contributed by atoms with E-state index in [1.54, 1.807) is 12.1 Å². The van der Waals surface area contributed by atoms with Crippen LogP contribution < -0.4 is 4.74 Å². The smallest absolute Gasteiger partial charge is 0.465 e. The summed E-state index contributed by atoms with van der Waals surface area (Å²) < 4.78 is 13.5. The van der Waals surface area contributed by atoms with Gasteiger partial charge in [-0.05, 0) is 18.2 Å². The van der Waals surface area contributed by atoms with Crippen molar-refractivity contribution in [2.24, 2.45) is 0 Å². The first-order valence-electron chi connectivity index (χ1n) is 4.11. The third-order valence-electron chi connectivity index (χ3n) is 1.62. The van der Waals surface area contributed by atoms with E-state index in [0.29, 0.717) is 5.56 Å². The van der Waals surface area contributed by atoms with E-state index in [-0.39, 0.29) is 5.75 Å². The zero-order valence-corrected chi connectivity index (χ0v) is 8.35. The summed E-state index contributed by atoms with van der Waals surface area (Å²) in [6.07, 6.45) is -0.836. The van der Waals surface area contributed by atoms with Crippen LogP contribution in [0.25, 0.3) is 0 Å². The predicted molar refractivity (Wildman–Crippen MR) is 50.8 cm³/mol. The summed E-state index contributed by atoms with van der Waals surface area (Å²) in [5.74, 6) is -0.268. The molecule has 0 saturated carbocycles. The van der Waals surface area contributed by atoms with Crippen molar-refractivity contribution >= 4 is 12.1 Å². The van der Waals surface area contributed by atoms with Crippen molar-refractivity contribution in [3.63, 3.8) is 0 Å². The largest absolute Gasteiger partial charge is 0.513 e. The number of carbonyl (C=O) groups is 2. The van der Waals surface area contributed by atoms with Crippen molar-refractivity contribution in [3.8, 4) is 5.75 Å². The molecule has 80 valence electrons. The molecule has 0 unspecified atom stereocenters. The van der Waals surface area contributed by atoms with Crippen molar-refractivity contribution in [2.45, 2.75) is 0 Å². The van der Waals surface area contributed by atoms with Gasteiger partial charge in [-0.1, -0.05) is 6.07 Å². The first-order valence-corrected chi connectivity index (χ1v) is 4.11. The maximum atomic E-state index is 11.1. The second-order valence-corrected chi connectivity index (χ2v) is 2.58. The van der Waals surface area contributed by atoms with Crippen LogP contribution in [0.3, 0.4) is 0 Å². The van der Waals surface area contributed by atoms with Crippen LogP contribution in [0.5, 0.6) is 5.75 Å². The van der Waals surface area contributed by atoms with Crippen LogP contribution in [0.15, 0.2) is 24.3 Å². The molecule has 0 spiro atoms. The number of hydrogen-bond acceptors (Lipinski definition) is 5. The third-order valence-corrected chi connectivity index (χ3v) is 1.62. The van der Waals surface area contributed by atoms with Crippen molar-refractivity contribution in [3.05, 3.63) is 29.8 Å². The Hall–Kier alpha value is -2.04. The minimum absolute atomic E-state index is 0.227. The quantitative estimate of drug-likeness (QED) is 0.548. The minimum atomic E-state index is -0.836. The monoisotopic (exact) mass is 210 g/mol. The molecule has 5 heteroatoms. The van der Waals surface area contributed by atoms with Crippen LogP contribution in [0.2, 0.25) is 0 Å². The van der Waals surface area contributed by atoms with Gasteiger partial charge in [0, 0.05) is 0 Å². The number of ether oxygens (including phenoxy) is 3. The highest BCUT2D eigenvalue weighted by Gasteiger charge is 2.08. The number of rotatable bonds is 2. The van der Waals surface area contributed by atoms with E-state index in [0.717, 1.165) is 0 Å². The predicted octanol–water partition coefficient (Wildman–Crippen LogP) is 1.62. The van der Waals surface area contributed by atoms with Gasteiger partial charge >= 0.3 is 12.1 Å². The SMILES string of the molecule is COC(=O)Oc1cccc(C(=O)OC)c1. The zero-order valence-electron chi connectivity index (χ0n) is 8.35. The van der Waals surface area contributed by atoms with Gasteiger partial charge in [-0.25, -0.2) is 9.59 Å². The fraction of sp³-hybridized carbons (Fsp3) is 0.200. The highest BCUT2D eigenvalue weighted by molar-refractivity contribution is 5.89. The molecular weight excluding hydrogens is 200 g/mol. The average Bonchev–Trinajstić information content (AvgIpc) is 2.28. The van der Waals surface area contributed by atoms with Gasteiger partial charge in [0.15, 0.2) is 0 Å². The lowest BCUT2D eigenvalue weighted by Crippen LogP contribution is -2.08. The molecule has 0 fully saturated rings. The highest BCUT2D eigenvalue weighted by atomic mass is 16.7. The number of esters is 1. The molecule has 0 radical (unpaired) electrons. The molecule has 5 nitrogen and oxygen atoms in total. The van der Waals surface area contributed by atoms with Gasteiger partial charge in [-0.15, -0.1) is 0 Å². The molecule has 0 N–H and O–H groups in total. The van der Waals surface area contributed by atoms with Gasteiger partial charge in [0.25, 0.3) is 0 Å². The Kier molecular flexibility index (Phi) is 3.68. The number of benzene rings is 1. The first-order chi connectivity index (χ1) is 7.17. The fourth-order valence-corrected chi connectivity index (χ4v) is 0.942. The topological polar surface area (TPSA) is 61.8 Å². The Balaban J connectivity index is 2.83. The summed E-state index contributed by atoms with van der Waals surface area (Å²) in [5.41, 5.74) is 0.305. The lowest BCUT2D eigenvalue weighted by Gasteiger charge is -2.03. The minimum Gasteiger partial charge on any atom is -0.465 e. The third kappa shape index (κ3) is 2.98. The van der Waals surface area contributed by atoms with Crippen LogP contribution >= 0.6 is 0 Å². The summed E-state index contributed by atoms with van der Waals surface area (Å²) in [5, 5.41) is 0. The Morgan fingerprint density at radius 2 is 1.87 bits per heavy atom. The van der Waals surface area contributed by atoms with Crippen molar-refractivity contribution in [1.29, 1.82) is 0 Å². The van der Waals surface area contributed by atoms with Crippen molar-refractivity contribution < 1.29 is 23.8 Å². The Labute approximate surface area is 86.6 Å². The van der Waals surface area contributed by atoms with Crippen LogP contribution in [0.4, 0.5) is 4.79 Å². The molecule has 0 amide bonds. The molecule has 0 aliphatic carbocycles. The van der Waals surface area contributed by atoms with E-state index >= 15 is 0 Å². The molecule has 0 bridgehead atoms. The van der Waals surface area contributed by atoms with E-state index < -0.39 is 12.1 Å². The average molecular weight is 210 g/mol. The highest BCUT2D eigenvalue weighted by Crippen LogP contribution is 2.14. The normalized spacial score (nSPS) is 9.20. The molecule has 0 saturated heterocycles. The van der Waals surface area contributed by atoms with Gasteiger partial charge in [0.1, 0.15) is 5.75 Å². The number of carbonyl (C=O) groups excluding carboxylic acids is 2. The number of methoxy groups -OCH3 is 2. The Bertz CT molecular complexity index is 372. The Morgan fingerprint density at radius 1 is 1.13 bits per heavy atom. The van der Waals surface area contributed by atoms with E-state index in [1.807, 2.05) is 0 Å². The molecule has 0 aliphatic rings. The molecule has 0 atom stereocenters. The molecule has 1 aromatic carbocycles. The lowest BCUT2D eigenvalue weighted by molar-refractivity contribution is 0.0599. The zero-order chi connectivity index (χ0) is 11.3. The second kappa shape index (κ2) is 4.99. The number of hydrogen-bond donors (Lipinski definition) is 0. The van der Waals surface area contributed by atoms with Crippen LogP contribution in [-0.2, 0) is 9.47 Å². The summed E-state index contributed by atoms with van der Waals surface area (Å²) in [6.45, 7) is 0. The van der Waals surface area contributed by atoms with Crippen LogP contribution in [0, 0.1) is 0 Å². The summed E-state index contributed by atoms with van der Waals surface area (Å²) in [4.78, 5) is 21.9. The first kappa shape index (κ1) is 11.0. The summed E-state index contributed by atoms with van der Waals surface area (Å²) >= 11 is 0. The molecule has 0 heterocycles. The summed E-state index contributed by atoms with van der Waals surface area (Å²) in [6, 6.07) is 6.05. The molecule has 1 aromatic rings. The molecule has 0 aromatic heterocycles. The maximum Gasteiger partial charge on any atom is 0.513 e. The van der Waals surface area contributed by atoms with Gasteiger partial charge in [-0.2, -0.15) is 0 Å². The van der Waals surface area contributed by atoms with E-state index in [1.165, 1.54) is 26.4 Å². The van der Waals surface area contributed by atoms with Crippen LogP contribution in [-0.4, -0.2) is 26.3 Å². The van der Waals surface area contributed by atoms with E-state index in [2.05, 4.69) is 9.47 Å². The van der Waals surface area contributed by atoms with Gasteiger partial charge in [-0.3, -0.25) is 0 Å². The van der Waals surface area contributed by atoms with Crippen molar-refractivity contribution in [1.82, 2.24) is 0 Å². The van der Waals surface area contributed by atoms with Gasteiger partial charge in [0.2, 0.25) is 0 Å². The van der Waals surface area contributed by atoms with Crippen molar-refractivity contribution in [2.75, 3.05) is 14.2 Å². The Morgan fingerprint density at radius 3 is 2.47 bits per heavy atom. The molecular formula is C10H10O5. The second-order valence-electron chi connectivity index (χ2n) is 2.58. The lowest BCUT2D eigenvalue weighted by atomic mass is 10.2. The van der Waals surface area contributed by atoms with Crippen LogP contribution in [0.1, 0.15) is 10.4 Å². The van der Waals surface area contributed by atoms with Gasteiger partial charge < -0.3 is 14.2 Å². The maximum absolute atomic E-state index is 11.1. The summed E-state index contributed by atoms with van der Waals surface area (Å²) in [7, 11) is 2.47. The standard InChI is InChI=1S/C10H10O5/c1-13-9(11)7-4-3-5-8(6-7)15-10(12)14-2/h3-6H,1-2H3.